The molecule has 0 bridgehead atoms. The molecule has 1 atom stereocenters. The standard InChI is InChI=1S/C11H16O3/c1-3-4-11(13)14-10-6-5-8(2)7-9(10)12/h7,10H,3-6H2,1-2H3. The molecule has 78 valence electrons. The van der Waals surface area contributed by atoms with Gasteiger partial charge in [0.2, 0.25) is 0 Å². The third-order valence-corrected chi connectivity index (χ3v) is 2.23. The molecule has 0 aromatic carbocycles. The third-order valence-electron chi connectivity index (χ3n) is 2.23. The maximum atomic E-state index is 11.4. The van der Waals surface area contributed by atoms with Crippen LogP contribution in [0, 0.1) is 0 Å². The minimum absolute atomic E-state index is 0.0711. The Balaban J connectivity index is 2.47. The van der Waals surface area contributed by atoms with Gasteiger partial charge in [0.15, 0.2) is 11.9 Å². The zero-order valence-corrected chi connectivity index (χ0v) is 8.71. The van der Waals surface area contributed by atoms with Gasteiger partial charge in [-0.25, -0.2) is 0 Å². The maximum absolute atomic E-state index is 11.4. The molecule has 0 heterocycles. The van der Waals surface area contributed by atoms with Crippen molar-refractivity contribution >= 4 is 11.8 Å². The number of rotatable bonds is 3. The summed E-state index contributed by atoms with van der Waals surface area (Å²) >= 11 is 0. The molecule has 0 amide bonds. The molecule has 0 spiro atoms. The van der Waals surface area contributed by atoms with Gasteiger partial charge in [-0.3, -0.25) is 9.59 Å². The molecule has 0 aromatic heterocycles. The summed E-state index contributed by atoms with van der Waals surface area (Å²) in [5, 5.41) is 0. The molecule has 14 heavy (non-hydrogen) atoms. The molecule has 1 aliphatic rings. The van der Waals surface area contributed by atoms with Gasteiger partial charge in [0.1, 0.15) is 0 Å². The zero-order valence-electron chi connectivity index (χ0n) is 8.71. The Morgan fingerprint density at radius 3 is 2.93 bits per heavy atom. The normalized spacial score (nSPS) is 21.7. The van der Waals surface area contributed by atoms with Gasteiger partial charge in [0.05, 0.1) is 0 Å². The summed E-state index contributed by atoms with van der Waals surface area (Å²) in [6, 6.07) is 0. The number of allylic oxidation sites excluding steroid dienone is 1. The Morgan fingerprint density at radius 1 is 1.64 bits per heavy atom. The second kappa shape index (κ2) is 4.94. The van der Waals surface area contributed by atoms with Crippen molar-refractivity contribution in [1.29, 1.82) is 0 Å². The molecule has 3 nitrogen and oxygen atoms in total. The van der Waals surface area contributed by atoms with E-state index in [0.29, 0.717) is 12.8 Å². The van der Waals surface area contributed by atoms with E-state index in [4.69, 9.17) is 4.74 Å². The summed E-state index contributed by atoms with van der Waals surface area (Å²) < 4.78 is 5.06. The SMILES string of the molecule is CCCC(=O)OC1CCC(C)=CC1=O. The molecule has 1 aliphatic carbocycles. The topological polar surface area (TPSA) is 43.4 Å². The highest BCUT2D eigenvalue weighted by atomic mass is 16.5. The number of hydrogen-bond acceptors (Lipinski definition) is 3. The Morgan fingerprint density at radius 2 is 2.36 bits per heavy atom. The summed E-state index contributed by atoms with van der Waals surface area (Å²) in [6.45, 7) is 3.83. The highest BCUT2D eigenvalue weighted by Crippen LogP contribution is 2.18. The third kappa shape index (κ3) is 2.98. The Bertz CT molecular complexity index is 266. The van der Waals surface area contributed by atoms with Gasteiger partial charge in [-0.05, 0) is 32.3 Å². The molecule has 0 aliphatic heterocycles. The lowest BCUT2D eigenvalue weighted by molar-refractivity contribution is -0.154. The average molecular weight is 196 g/mol. The van der Waals surface area contributed by atoms with Crippen molar-refractivity contribution in [3.8, 4) is 0 Å². The first kappa shape index (κ1) is 11.0. The summed E-state index contributed by atoms with van der Waals surface area (Å²) in [4.78, 5) is 22.5. The largest absolute Gasteiger partial charge is 0.454 e. The monoisotopic (exact) mass is 196 g/mol. The lowest BCUT2D eigenvalue weighted by Crippen LogP contribution is -2.28. The van der Waals surface area contributed by atoms with Crippen LogP contribution >= 0.6 is 0 Å². The second-order valence-electron chi connectivity index (χ2n) is 3.66. The quantitative estimate of drug-likeness (QED) is 0.648. The maximum Gasteiger partial charge on any atom is 0.306 e. The zero-order chi connectivity index (χ0) is 10.6. The van der Waals surface area contributed by atoms with E-state index in [-0.39, 0.29) is 11.8 Å². The van der Waals surface area contributed by atoms with Gasteiger partial charge in [0, 0.05) is 6.42 Å². The molecule has 0 N–H and O–H groups in total. The van der Waals surface area contributed by atoms with E-state index in [1.54, 1.807) is 6.08 Å². The summed E-state index contributed by atoms with van der Waals surface area (Å²) in [5.74, 6) is -0.336. The fourth-order valence-corrected chi connectivity index (χ4v) is 1.45. The Labute approximate surface area is 84.1 Å². The van der Waals surface area contributed by atoms with Gasteiger partial charge >= 0.3 is 5.97 Å². The summed E-state index contributed by atoms with van der Waals surface area (Å²) in [5.41, 5.74) is 1.07. The van der Waals surface area contributed by atoms with Crippen LogP contribution in [-0.4, -0.2) is 17.9 Å². The molecular formula is C11H16O3. The predicted molar refractivity (Wildman–Crippen MR) is 52.8 cm³/mol. The van der Waals surface area contributed by atoms with Crippen molar-refractivity contribution in [2.24, 2.45) is 0 Å². The highest BCUT2D eigenvalue weighted by molar-refractivity contribution is 5.96. The number of carbonyl (C=O) groups excluding carboxylic acids is 2. The smallest absolute Gasteiger partial charge is 0.306 e. The lowest BCUT2D eigenvalue weighted by atomic mass is 9.97. The van der Waals surface area contributed by atoms with Crippen molar-refractivity contribution < 1.29 is 14.3 Å². The molecule has 0 aromatic rings. The minimum atomic E-state index is -0.530. The van der Waals surface area contributed by atoms with E-state index in [0.717, 1.165) is 18.4 Å². The van der Waals surface area contributed by atoms with Gasteiger partial charge in [-0.1, -0.05) is 12.5 Å². The van der Waals surface area contributed by atoms with Gasteiger partial charge < -0.3 is 4.74 Å². The first-order valence-electron chi connectivity index (χ1n) is 5.04. The molecule has 3 heteroatoms. The number of hydrogen-bond donors (Lipinski definition) is 0. The molecule has 1 unspecified atom stereocenters. The molecule has 0 fully saturated rings. The Hall–Kier alpha value is -1.12. The predicted octanol–water partition coefficient (Wildman–Crippen LogP) is 2.01. The van der Waals surface area contributed by atoms with Crippen LogP contribution in [0.25, 0.3) is 0 Å². The first-order valence-corrected chi connectivity index (χ1v) is 5.04. The van der Waals surface area contributed by atoms with Gasteiger partial charge in [0.25, 0.3) is 0 Å². The average Bonchev–Trinajstić information content (AvgIpc) is 2.10. The van der Waals surface area contributed by atoms with Crippen molar-refractivity contribution in [1.82, 2.24) is 0 Å². The fraction of sp³-hybridized carbons (Fsp3) is 0.636. The molecular weight excluding hydrogens is 180 g/mol. The van der Waals surface area contributed by atoms with Gasteiger partial charge in [-0.2, -0.15) is 0 Å². The second-order valence-corrected chi connectivity index (χ2v) is 3.66. The van der Waals surface area contributed by atoms with E-state index in [1.807, 2.05) is 13.8 Å². The van der Waals surface area contributed by atoms with Gasteiger partial charge in [-0.15, -0.1) is 0 Å². The van der Waals surface area contributed by atoms with E-state index in [9.17, 15) is 9.59 Å². The van der Waals surface area contributed by atoms with Crippen LogP contribution in [-0.2, 0) is 14.3 Å². The van der Waals surface area contributed by atoms with E-state index < -0.39 is 6.10 Å². The number of esters is 1. The van der Waals surface area contributed by atoms with Crippen LogP contribution in [0.15, 0.2) is 11.6 Å². The fourth-order valence-electron chi connectivity index (χ4n) is 1.45. The summed E-state index contributed by atoms with van der Waals surface area (Å²) in [6.07, 6.45) is 3.68. The van der Waals surface area contributed by atoms with Crippen LogP contribution in [0.4, 0.5) is 0 Å². The van der Waals surface area contributed by atoms with Crippen LogP contribution in [0.5, 0.6) is 0 Å². The lowest BCUT2D eigenvalue weighted by Gasteiger charge is -2.19. The van der Waals surface area contributed by atoms with Crippen LogP contribution in [0.3, 0.4) is 0 Å². The van der Waals surface area contributed by atoms with Crippen LogP contribution in [0.1, 0.15) is 39.5 Å². The number of ketones is 1. The van der Waals surface area contributed by atoms with E-state index in [1.165, 1.54) is 0 Å². The molecule has 0 radical (unpaired) electrons. The minimum Gasteiger partial charge on any atom is -0.454 e. The van der Waals surface area contributed by atoms with E-state index >= 15 is 0 Å². The van der Waals surface area contributed by atoms with Crippen LogP contribution in [0.2, 0.25) is 0 Å². The molecule has 0 saturated carbocycles. The van der Waals surface area contributed by atoms with Crippen molar-refractivity contribution in [3.05, 3.63) is 11.6 Å². The van der Waals surface area contributed by atoms with Crippen molar-refractivity contribution in [2.45, 2.75) is 45.6 Å². The van der Waals surface area contributed by atoms with Crippen molar-refractivity contribution in [2.75, 3.05) is 0 Å². The van der Waals surface area contributed by atoms with Crippen molar-refractivity contribution in [3.63, 3.8) is 0 Å². The number of carbonyl (C=O) groups is 2. The molecule has 1 rings (SSSR count). The summed E-state index contributed by atoms with van der Waals surface area (Å²) in [7, 11) is 0. The first-order chi connectivity index (χ1) is 6.63. The number of ether oxygens (including phenoxy) is 1. The highest BCUT2D eigenvalue weighted by Gasteiger charge is 2.24. The van der Waals surface area contributed by atoms with E-state index in [2.05, 4.69) is 0 Å². The Kier molecular flexibility index (Phi) is 3.86. The van der Waals surface area contributed by atoms with Crippen LogP contribution < -0.4 is 0 Å². The molecule has 0 saturated heterocycles.